The maximum Gasteiger partial charge on any atom is 0.573 e. The Kier molecular flexibility index (Phi) is 9.24. The summed E-state index contributed by atoms with van der Waals surface area (Å²) in [7, 11) is 0. The molecule has 1 aromatic rings. The van der Waals surface area contributed by atoms with Crippen molar-refractivity contribution in [1.82, 2.24) is 9.80 Å². The molecule has 8 nitrogen and oxygen atoms in total. The summed E-state index contributed by atoms with van der Waals surface area (Å²) in [5.74, 6) is -1.96. The Morgan fingerprint density at radius 1 is 0.907 bits per heavy atom. The molecule has 0 aliphatic carbocycles. The van der Waals surface area contributed by atoms with Crippen LogP contribution < -0.4 is 9.64 Å². The van der Waals surface area contributed by atoms with Crippen molar-refractivity contribution in [2.24, 2.45) is 5.92 Å². The van der Waals surface area contributed by atoms with Crippen molar-refractivity contribution in [2.75, 3.05) is 37.6 Å². The number of nitrogens with zero attached hydrogens (tertiary/aromatic N) is 3. The second kappa shape index (κ2) is 12.1. The molecule has 4 rings (SSSR count). The van der Waals surface area contributed by atoms with Crippen molar-refractivity contribution in [2.45, 2.75) is 75.4 Å². The van der Waals surface area contributed by atoms with Gasteiger partial charge in [0.2, 0.25) is 0 Å². The molecular weight excluding hydrogens is 605 g/mol. The van der Waals surface area contributed by atoms with E-state index in [2.05, 4.69) is 14.4 Å². The second-order valence-electron chi connectivity index (χ2n) is 11.0. The Balaban J connectivity index is 1.48. The van der Waals surface area contributed by atoms with Crippen LogP contribution in [0.25, 0.3) is 0 Å². The van der Waals surface area contributed by atoms with Crippen LogP contribution in [0.5, 0.6) is 5.75 Å². The molecule has 17 heteroatoms. The molecule has 3 fully saturated rings. The summed E-state index contributed by atoms with van der Waals surface area (Å²) < 4.78 is 124. The Morgan fingerprint density at radius 3 is 2.05 bits per heavy atom. The number of carboxylic acids is 1. The zero-order valence-electron chi connectivity index (χ0n) is 22.7. The molecule has 43 heavy (non-hydrogen) atoms. The topological polar surface area (TPSA) is 82.5 Å². The number of ether oxygens (including phenoxy) is 2. The lowest BCUT2D eigenvalue weighted by atomic mass is 9.84. The Morgan fingerprint density at radius 2 is 1.51 bits per heavy atom. The molecule has 0 unspecified atom stereocenters. The van der Waals surface area contributed by atoms with Crippen molar-refractivity contribution < 1.29 is 63.7 Å². The molecule has 0 atom stereocenters. The minimum Gasteiger partial charge on any atom is -0.481 e. The normalized spacial score (nSPS) is 20.6. The van der Waals surface area contributed by atoms with Crippen molar-refractivity contribution in [3.63, 3.8) is 0 Å². The minimum absolute atomic E-state index is 0.147. The van der Waals surface area contributed by atoms with E-state index in [-0.39, 0.29) is 32.5 Å². The third-order valence-electron chi connectivity index (χ3n) is 8.34. The van der Waals surface area contributed by atoms with E-state index in [4.69, 9.17) is 0 Å². The fraction of sp³-hybridized carbons (Fsp3) is 0.692. The fourth-order valence-electron chi connectivity index (χ4n) is 6.15. The zero-order valence-corrected chi connectivity index (χ0v) is 22.7. The quantitative estimate of drug-likeness (QED) is 0.388. The van der Waals surface area contributed by atoms with Gasteiger partial charge in [-0.15, -0.1) is 13.2 Å². The summed E-state index contributed by atoms with van der Waals surface area (Å²) in [6.45, 7) is 1.11. The van der Waals surface area contributed by atoms with Gasteiger partial charge in [-0.1, -0.05) is 6.07 Å². The van der Waals surface area contributed by atoms with Gasteiger partial charge in [0.25, 0.3) is 6.10 Å². The molecule has 3 heterocycles. The van der Waals surface area contributed by atoms with E-state index < -0.39 is 54.1 Å². The highest BCUT2D eigenvalue weighted by Crippen LogP contribution is 2.42. The van der Waals surface area contributed by atoms with E-state index in [9.17, 15) is 54.2 Å². The molecule has 3 aliphatic heterocycles. The van der Waals surface area contributed by atoms with Gasteiger partial charge in [-0.2, -0.15) is 26.3 Å². The number of rotatable bonds is 6. The van der Waals surface area contributed by atoms with Gasteiger partial charge < -0.3 is 24.4 Å². The highest BCUT2D eigenvalue weighted by atomic mass is 19.4. The SMILES string of the molecule is O=C(O)C1CCN(c2cc(OC(F)(F)F)ccc2CN2CCCC23CCN(C(=O)OC(C(F)(F)F)C(F)(F)F)CC3)CC1. The van der Waals surface area contributed by atoms with Crippen LogP contribution in [0.2, 0.25) is 0 Å². The third kappa shape index (κ3) is 7.89. The van der Waals surface area contributed by atoms with E-state index >= 15 is 0 Å². The first kappa shape index (κ1) is 32.8. The second-order valence-corrected chi connectivity index (χ2v) is 11.0. The Hall–Kier alpha value is -3.11. The lowest BCUT2D eigenvalue weighted by Gasteiger charge is -2.45. The molecular formula is C26H30F9N3O5. The van der Waals surface area contributed by atoms with Gasteiger partial charge in [-0.25, -0.2) is 4.79 Å². The number of aliphatic carboxylic acids is 1. The van der Waals surface area contributed by atoms with Crippen molar-refractivity contribution in [3.05, 3.63) is 23.8 Å². The predicted octanol–water partition coefficient (Wildman–Crippen LogP) is 5.95. The maximum atomic E-state index is 12.9. The number of halogens is 9. The van der Waals surface area contributed by atoms with Crippen molar-refractivity contribution in [3.8, 4) is 5.75 Å². The molecule has 1 N–H and O–H groups in total. The highest BCUT2D eigenvalue weighted by Gasteiger charge is 2.60. The largest absolute Gasteiger partial charge is 0.573 e. The van der Waals surface area contributed by atoms with Crippen LogP contribution in [0.3, 0.4) is 0 Å². The molecule has 1 aromatic carbocycles. The van der Waals surface area contributed by atoms with E-state index in [0.717, 1.165) is 4.90 Å². The predicted molar refractivity (Wildman–Crippen MR) is 131 cm³/mol. The molecule has 3 aliphatic rings. The van der Waals surface area contributed by atoms with Crippen LogP contribution in [0.15, 0.2) is 18.2 Å². The number of hydrogen-bond acceptors (Lipinski definition) is 6. The summed E-state index contributed by atoms with van der Waals surface area (Å²) in [6, 6.07) is 3.92. The number of benzene rings is 1. The maximum absolute atomic E-state index is 12.9. The molecule has 1 spiro atoms. The third-order valence-corrected chi connectivity index (χ3v) is 8.34. The minimum atomic E-state index is -5.82. The standard InChI is InChI=1S/C26H30F9N3O5/c27-24(28,29)21(25(30,31)32)42-22(41)37-12-7-23(8-13-37)6-1-9-38(23)15-17-2-3-18(43-26(33,34)35)14-19(17)36-10-4-16(5-11-36)20(39)40/h2-3,14,16,21H,1,4-13,15H2,(H,39,40). The highest BCUT2D eigenvalue weighted by molar-refractivity contribution is 5.71. The summed E-state index contributed by atoms with van der Waals surface area (Å²) >= 11 is 0. The van der Waals surface area contributed by atoms with Gasteiger partial charge in [0.15, 0.2) is 0 Å². The smallest absolute Gasteiger partial charge is 0.481 e. The van der Waals surface area contributed by atoms with Crippen molar-refractivity contribution >= 4 is 17.7 Å². The number of hydrogen-bond donors (Lipinski definition) is 1. The van der Waals surface area contributed by atoms with Gasteiger partial charge >= 0.3 is 30.8 Å². The number of piperidine rings is 2. The molecule has 0 radical (unpaired) electrons. The molecule has 0 saturated carbocycles. The van der Waals surface area contributed by atoms with Crippen LogP contribution in [0, 0.1) is 5.92 Å². The van der Waals surface area contributed by atoms with Crippen LogP contribution in [-0.2, 0) is 16.1 Å². The van der Waals surface area contributed by atoms with E-state index in [1.54, 1.807) is 4.90 Å². The first-order valence-electron chi connectivity index (χ1n) is 13.6. The molecule has 242 valence electrons. The molecule has 3 saturated heterocycles. The van der Waals surface area contributed by atoms with Crippen molar-refractivity contribution in [1.29, 1.82) is 0 Å². The summed E-state index contributed by atoms with van der Waals surface area (Å²) in [5.41, 5.74) is 0.544. The van der Waals surface area contributed by atoms with E-state index in [1.807, 2.05) is 0 Å². The monoisotopic (exact) mass is 635 g/mol. The lowest BCUT2D eigenvalue weighted by Crippen LogP contribution is -2.54. The average Bonchev–Trinajstić information content (AvgIpc) is 3.27. The van der Waals surface area contributed by atoms with E-state index in [0.29, 0.717) is 56.6 Å². The van der Waals surface area contributed by atoms with Crippen LogP contribution in [0.1, 0.15) is 44.1 Å². The molecule has 1 amide bonds. The zero-order chi connectivity index (χ0) is 31.8. The fourth-order valence-corrected chi connectivity index (χ4v) is 6.15. The number of alkyl halides is 9. The molecule has 0 aromatic heterocycles. The molecule has 0 bridgehead atoms. The Labute approximate surface area is 240 Å². The van der Waals surface area contributed by atoms with Gasteiger partial charge in [0.05, 0.1) is 5.92 Å². The van der Waals surface area contributed by atoms with Crippen LogP contribution in [-0.4, -0.2) is 90.1 Å². The lowest BCUT2D eigenvalue weighted by molar-refractivity contribution is -0.308. The number of carbonyl (C=O) groups excluding carboxylic acids is 1. The number of amides is 1. The van der Waals surface area contributed by atoms with Gasteiger partial charge in [0, 0.05) is 50.0 Å². The number of likely N-dealkylation sites (tertiary alicyclic amines) is 2. The van der Waals surface area contributed by atoms with Crippen LogP contribution >= 0.6 is 0 Å². The first-order chi connectivity index (χ1) is 19.9. The number of carbonyl (C=O) groups is 2. The summed E-state index contributed by atoms with van der Waals surface area (Å²) in [4.78, 5) is 28.3. The van der Waals surface area contributed by atoms with E-state index in [1.165, 1.54) is 18.2 Å². The number of carboxylic acid groups (broad SMARTS) is 1. The summed E-state index contributed by atoms with van der Waals surface area (Å²) in [5, 5.41) is 9.32. The van der Waals surface area contributed by atoms with Crippen LogP contribution in [0.4, 0.5) is 50.0 Å². The first-order valence-corrected chi connectivity index (χ1v) is 13.6. The van der Waals surface area contributed by atoms with Gasteiger partial charge in [0.1, 0.15) is 5.75 Å². The average molecular weight is 636 g/mol. The van der Waals surface area contributed by atoms with Gasteiger partial charge in [-0.05, 0) is 56.7 Å². The number of anilines is 1. The summed E-state index contributed by atoms with van der Waals surface area (Å²) in [6.07, 6.45) is -20.1. The van der Waals surface area contributed by atoms with Gasteiger partial charge in [-0.3, -0.25) is 9.69 Å². The Bertz CT molecular complexity index is 1140.